The molecule has 55 heavy (non-hydrogen) atoms. The monoisotopic (exact) mass is 704 g/mol. The molecule has 11 rings (SSSR count). The van der Waals surface area contributed by atoms with Crippen LogP contribution < -0.4 is 4.90 Å². The molecule has 0 bridgehead atoms. The standard InChI is InChI=1S/C51H32N2O2/c1-3-13-33(14-4-1)40-19-7-9-21-44(40)53(45-22-12-24-47-49(45)41-20-8-10-23-46(41)54-47)39-18-11-17-37(31-39)38-28-26-34-25-27-35-29-30-43-50(48(35)42(34)32-38)55-51(52-43)36-15-5-2-6-16-36/h1-32H. The van der Waals surface area contributed by atoms with Gasteiger partial charge < -0.3 is 13.7 Å². The minimum Gasteiger partial charge on any atom is -0.456 e. The molecule has 2 heterocycles. The highest BCUT2D eigenvalue weighted by atomic mass is 16.3. The Hall–Kier alpha value is -7.43. The molecule has 0 aliphatic carbocycles. The number of hydrogen-bond acceptors (Lipinski definition) is 4. The van der Waals surface area contributed by atoms with Gasteiger partial charge in [-0.15, -0.1) is 0 Å². The Labute approximate surface area is 317 Å². The number of rotatable bonds is 6. The van der Waals surface area contributed by atoms with E-state index >= 15 is 0 Å². The van der Waals surface area contributed by atoms with E-state index < -0.39 is 0 Å². The lowest BCUT2D eigenvalue weighted by Gasteiger charge is -2.29. The minimum absolute atomic E-state index is 0.625. The van der Waals surface area contributed by atoms with Gasteiger partial charge in [-0.3, -0.25) is 0 Å². The van der Waals surface area contributed by atoms with E-state index in [0.717, 1.165) is 99.5 Å². The molecule has 0 fully saturated rings. The number of aromatic nitrogens is 1. The van der Waals surface area contributed by atoms with Crippen molar-refractivity contribution in [3.8, 4) is 33.7 Å². The van der Waals surface area contributed by atoms with Crippen LogP contribution in [0.15, 0.2) is 203 Å². The van der Waals surface area contributed by atoms with E-state index in [1.54, 1.807) is 0 Å². The van der Waals surface area contributed by atoms with Gasteiger partial charge in [-0.1, -0.05) is 133 Å². The average molecular weight is 705 g/mol. The molecular formula is C51H32N2O2. The number of para-hydroxylation sites is 2. The SMILES string of the molecule is c1ccc(-c2nc3ccc4ccc5ccc(-c6cccc(N(c7ccccc7-c7ccccc7)c7cccc8oc9ccccc9c78)c6)cc5c4c3o2)cc1. The number of fused-ring (bicyclic) bond motifs is 8. The zero-order valence-electron chi connectivity index (χ0n) is 29.7. The van der Waals surface area contributed by atoms with Crippen LogP contribution >= 0.6 is 0 Å². The van der Waals surface area contributed by atoms with Crippen LogP contribution in [-0.2, 0) is 0 Å². The second-order valence-corrected chi connectivity index (χ2v) is 13.9. The van der Waals surface area contributed by atoms with Crippen molar-refractivity contribution in [2.45, 2.75) is 0 Å². The molecule has 0 spiro atoms. The van der Waals surface area contributed by atoms with Crippen molar-refractivity contribution in [1.82, 2.24) is 4.98 Å². The van der Waals surface area contributed by atoms with Crippen LogP contribution in [0.4, 0.5) is 17.1 Å². The summed E-state index contributed by atoms with van der Waals surface area (Å²) in [4.78, 5) is 7.28. The third-order valence-corrected chi connectivity index (χ3v) is 10.7. The molecule has 4 heteroatoms. The molecule has 9 aromatic carbocycles. The van der Waals surface area contributed by atoms with Gasteiger partial charge in [0.1, 0.15) is 16.7 Å². The summed E-state index contributed by atoms with van der Waals surface area (Å²) in [7, 11) is 0. The van der Waals surface area contributed by atoms with E-state index in [4.69, 9.17) is 13.8 Å². The fourth-order valence-corrected chi connectivity index (χ4v) is 8.11. The van der Waals surface area contributed by atoms with Crippen LogP contribution in [0.25, 0.3) is 88.3 Å². The highest BCUT2D eigenvalue weighted by Gasteiger charge is 2.22. The second-order valence-electron chi connectivity index (χ2n) is 13.9. The first-order valence-corrected chi connectivity index (χ1v) is 18.5. The molecule has 0 saturated heterocycles. The number of oxazole rings is 1. The third kappa shape index (κ3) is 5.19. The van der Waals surface area contributed by atoms with Crippen LogP contribution in [0, 0.1) is 0 Å². The van der Waals surface area contributed by atoms with Crippen LogP contribution in [0.3, 0.4) is 0 Å². The van der Waals surface area contributed by atoms with E-state index in [0.29, 0.717) is 5.89 Å². The highest BCUT2D eigenvalue weighted by Crippen LogP contribution is 2.46. The van der Waals surface area contributed by atoms with Crippen LogP contribution in [-0.4, -0.2) is 4.98 Å². The Morgan fingerprint density at radius 1 is 0.400 bits per heavy atom. The molecular weight excluding hydrogens is 673 g/mol. The lowest BCUT2D eigenvalue weighted by atomic mass is 9.96. The number of anilines is 3. The molecule has 0 aliphatic heterocycles. The van der Waals surface area contributed by atoms with E-state index in [1.165, 1.54) is 0 Å². The minimum atomic E-state index is 0.625. The lowest BCUT2D eigenvalue weighted by Crippen LogP contribution is -2.11. The quantitative estimate of drug-likeness (QED) is 0.162. The molecule has 4 nitrogen and oxygen atoms in total. The Morgan fingerprint density at radius 3 is 1.95 bits per heavy atom. The van der Waals surface area contributed by atoms with E-state index in [1.807, 2.05) is 42.5 Å². The Balaban J connectivity index is 1.12. The van der Waals surface area contributed by atoms with Gasteiger partial charge in [0.2, 0.25) is 5.89 Å². The van der Waals surface area contributed by atoms with Gasteiger partial charge in [0.25, 0.3) is 0 Å². The summed E-state index contributed by atoms with van der Waals surface area (Å²) in [6.45, 7) is 0. The topological polar surface area (TPSA) is 42.4 Å². The molecule has 0 atom stereocenters. The number of hydrogen-bond donors (Lipinski definition) is 0. The van der Waals surface area contributed by atoms with Gasteiger partial charge >= 0.3 is 0 Å². The number of furan rings is 1. The van der Waals surface area contributed by atoms with Gasteiger partial charge in [0.05, 0.1) is 16.8 Å². The summed E-state index contributed by atoms with van der Waals surface area (Å²) in [5, 5.41) is 6.62. The van der Waals surface area contributed by atoms with Crippen molar-refractivity contribution in [3.05, 3.63) is 194 Å². The van der Waals surface area contributed by atoms with Crippen molar-refractivity contribution in [2.75, 3.05) is 4.90 Å². The van der Waals surface area contributed by atoms with Gasteiger partial charge in [-0.2, -0.15) is 0 Å². The smallest absolute Gasteiger partial charge is 0.227 e. The van der Waals surface area contributed by atoms with Crippen LogP contribution in [0.5, 0.6) is 0 Å². The summed E-state index contributed by atoms with van der Waals surface area (Å²) in [5.74, 6) is 0.625. The summed E-state index contributed by atoms with van der Waals surface area (Å²) in [6, 6.07) is 68.1. The molecule has 0 saturated carbocycles. The molecule has 2 aromatic heterocycles. The summed E-state index contributed by atoms with van der Waals surface area (Å²) < 4.78 is 13.0. The van der Waals surface area contributed by atoms with Gasteiger partial charge in [-0.25, -0.2) is 4.98 Å². The normalized spacial score (nSPS) is 11.6. The molecule has 258 valence electrons. The van der Waals surface area contributed by atoms with E-state index in [9.17, 15) is 0 Å². The van der Waals surface area contributed by atoms with E-state index in [2.05, 4.69) is 157 Å². The Morgan fingerprint density at radius 2 is 1.05 bits per heavy atom. The van der Waals surface area contributed by atoms with Gasteiger partial charge in [0, 0.05) is 27.6 Å². The van der Waals surface area contributed by atoms with Crippen molar-refractivity contribution in [2.24, 2.45) is 0 Å². The Kier molecular flexibility index (Phi) is 7.14. The first-order valence-electron chi connectivity index (χ1n) is 18.5. The first-order chi connectivity index (χ1) is 27.3. The summed E-state index contributed by atoms with van der Waals surface area (Å²) in [5.41, 5.74) is 12.0. The van der Waals surface area contributed by atoms with E-state index in [-0.39, 0.29) is 0 Å². The number of nitrogens with zero attached hydrogens (tertiary/aromatic N) is 2. The van der Waals surface area contributed by atoms with Crippen molar-refractivity contribution in [3.63, 3.8) is 0 Å². The summed E-state index contributed by atoms with van der Waals surface area (Å²) in [6.07, 6.45) is 0. The zero-order valence-corrected chi connectivity index (χ0v) is 29.7. The highest BCUT2D eigenvalue weighted by molar-refractivity contribution is 6.19. The van der Waals surface area contributed by atoms with Crippen molar-refractivity contribution in [1.29, 1.82) is 0 Å². The van der Waals surface area contributed by atoms with Crippen LogP contribution in [0.1, 0.15) is 0 Å². The molecule has 11 aromatic rings. The second kappa shape index (κ2) is 12.6. The summed E-state index contributed by atoms with van der Waals surface area (Å²) >= 11 is 0. The molecule has 0 amide bonds. The van der Waals surface area contributed by atoms with Gasteiger partial charge in [-0.05, 0) is 93.5 Å². The lowest BCUT2D eigenvalue weighted by molar-refractivity contribution is 0.623. The zero-order chi connectivity index (χ0) is 36.3. The molecule has 0 radical (unpaired) electrons. The maximum Gasteiger partial charge on any atom is 0.227 e. The third-order valence-electron chi connectivity index (χ3n) is 10.7. The largest absolute Gasteiger partial charge is 0.456 e. The predicted molar refractivity (Wildman–Crippen MR) is 227 cm³/mol. The fraction of sp³-hybridized carbons (Fsp3) is 0. The maximum atomic E-state index is 6.55. The average Bonchev–Trinajstić information content (AvgIpc) is 3.87. The first kappa shape index (κ1) is 31.1. The number of benzene rings is 9. The fourth-order valence-electron chi connectivity index (χ4n) is 8.11. The van der Waals surface area contributed by atoms with Gasteiger partial charge in [0.15, 0.2) is 5.58 Å². The molecule has 0 N–H and O–H groups in total. The maximum absolute atomic E-state index is 6.55. The Bertz CT molecular complexity index is 3220. The van der Waals surface area contributed by atoms with Crippen LogP contribution in [0.2, 0.25) is 0 Å². The molecule has 0 unspecified atom stereocenters. The van der Waals surface area contributed by atoms with Crippen molar-refractivity contribution >= 4 is 71.6 Å². The predicted octanol–water partition coefficient (Wildman–Crippen LogP) is 14.5. The molecule has 0 aliphatic rings. The van der Waals surface area contributed by atoms with Crippen molar-refractivity contribution < 1.29 is 8.83 Å².